The second kappa shape index (κ2) is 7.36. The number of aryl methyl sites for hydroxylation is 2. The summed E-state index contributed by atoms with van der Waals surface area (Å²) < 4.78 is 19.3. The molecule has 0 spiro atoms. The minimum absolute atomic E-state index is 0.254. The van der Waals surface area contributed by atoms with Gasteiger partial charge in [0.2, 0.25) is 0 Å². The fraction of sp³-hybridized carbons (Fsp3) is 0.294. The van der Waals surface area contributed by atoms with Gasteiger partial charge in [0, 0.05) is 16.3 Å². The number of ether oxygens (including phenoxy) is 1. The zero-order chi connectivity index (χ0) is 15.2. The molecule has 0 unspecified atom stereocenters. The van der Waals surface area contributed by atoms with Crippen molar-refractivity contribution in [2.75, 3.05) is 18.1 Å². The van der Waals surface area contributed by atoms with E-state index in [1.54, 1.807) is 12.1 Å². The monoisotopic (exact) mass is 305 g/mol. The number of hydrogen-bond acceptors (Lipinski definition) is 3. The molecule has 0 atom stereocenters. The van der Waals surface area contributed by atoms with Crippen LogP contribution in [0.2, 0.25) is 0 Å². The molecule has 0 aromatic heterocycles. The maximum absolute atomic E-state index is 13.6. The number of rotatable bonds is 6. The average molecular weight is 305 g/mol. The molecule has 0 saturated heterocycles. The van der Waals surface area contributed by atoms with Gasteiger partial charge in [-0.15, -0.1) is 11.8 Å². The van der Waals surface area contributed by atoms with E-state index in [4.69, 9.17) is 10.5 Å². The first-order valence-electron chi connectivity index (χ1n) is 6.93. The molecule has 0 amide bonds. The number of nitrogens with two attached hydrogens (primary N) is 1. The van der Waals surface area contributed by atoms with Crippen LogP contribution in [0.25, 0.3) is 0 Å². The Balaban J connectivity index is 1.75. The summed E-state index contributed by atoms with van der Waals surface area (Å²) in [6, 6.07) is 11.0. The molecule has 0 saturated carbocycles. The van der Waals surface area contributed by atoms with E-state index in [9.17, 15) is 4.39 Å². The predicted octanol–water partition coefficient (Wildman–Crippen LogP) is 4.59. The van der Waals surface area contributed by atoms with Crippen LogP contribution in [0.3, 0.4) is 0 Å². The van der Waals surface area contributed by atoms with Crippen molar-refractivity contribution in [3.63, 3.8) is 0 Å². The lowest BCUT2D eigenvalue weighted by molar-refractivity contribution is 0.318. The molecule has 0 aliphatic rings. The third kappa shape index (κ3) is 4.97. The molecule has 2 aromatic rings. The summed E-state index contributed by atoms with van der Waals surface area (Å²) in [5.41, 5.74) is 8.37. The summed E-state index contributed by atoms with van der Waals surface area (Å²) in [5.74, 6) is 1.46. The lowest BCUT2D eigenvalue weighted by atomic mass is 10.1. The average Bonchev–Trinajstić information content (AvgIpc) is 2.39. The van der Waals surface area contributed by atoms with Gasteiger partial charge in [-0.25, -0.2) is 4.39 Å². The molecule has 0 radical (unpaired) electrons. The lowest BCUT2D eigenvalue weighted by Gasteiger charge is -2.08. The summed E-state index contributed by atoms with van der Waals surface area (Å²) in [6.07, 6.45) is 0.863. The van der Waals surface area contributed by atoms with E-state index in [0.717, 1.165) is 17.9 Å². The molecule has 112 valence electrons. The maximum Gasteiger partial charge on any atom is 0.138 e. The standard InChI is InChI=1S/C17H20FNOS/c1-12-8-13(2)10-15(9-12)20-6-3-7-21-17-5-4-14(19)11-16(17)18/h4-5,8-11H,3,6-7,19H2,1-2H3. The normalized spacial score (nSPS) is 10.6. The molecule has 2 rings (SSSR count). The van der Waals surface area contributed by atoms with Crippen molar-refractivity contribution in [2.45, 2.75) is 25.2 Å². The molecule has 0 aliphatic heterocycles. The van der Waals surface area contributed by atoms with Gasteiger partial charge in [0.15, 0.2) is 0 Å². The van der Waals surface area contributed by atoms with Gasteiger partial charge in [-0.3, -0.25) is 0 Å². The molecule has 21 heavy (non-hydrogen) atoms. The number of benzene rings is 2. The smallest absolute Gasteiger partial charge is 0.138 e. The zero-order valence-corrected chi connectivity index (χ0v) is 13.2. The Hall–Kier alpha value is -1.68. The highest BCUT2D eigenvalue weighted by Gasteiger charge is 2.03. The Labute approximate surface area is 129 Å². The third-order valence-electron chi connectivity index (χ3n) is 2.97. The van der Waals surface area contributed by atoms with Crippen molar-refractivity contribution in [3.8, 4) is 5.75 Å². The molecule has 2 nitrogen and oxygen atoms in total. The summed E-state index contributed by atoms with van der Waals surface area (Å²) in [7, 11) is 0. The fourth-order valence-electron chi connectivity index (χ4n) is 2.08. The van der Waals surface area contributed by atoms with Crippen molar-refractivity contribution in [1.82, 2.24) is 0 Å². The van der Waals surface area contributed by atoms with E-state index in [2.05, 4.69) is 19.9 Å². The molecule has 4 heteroatoms. The number of hydrogen-bond donors (Lipinski definition) is 1. The number of thioether (sulfide) groups is 1. The molecular weight excluding hydrogens is 285 g/mol. The lowest BCUT2D eigenvalue weighted by Crippen LogP contribution is -1.99. The van der Waals surface area contributed by atoms with E-state index >= 15 is 0 Å². The first kappa shape index (κ1) is 15.7. The minimum Gasteiger partial charge on any atom is -0.494 e. The van der Waals surface area contributed by atoms with E-state index < -0.39 is 0 Å². The van der Waals surface area contributed by atoms with E-state index in [1.807, 2.05) is 12.1 Å². The van der Waals surface area contributed by atoms with Crippen LogP contribution >= 0.6 is 11.8 Å². The molecule has 0 heterocycles. The Morgan fingerprint density at radius 1 is 1.10 bits per heavy atom. The Kier molecular flexibility index (Phi) is 5.51. The topological polar surface area (TPSA) is 35.2 Å². The zero-order valence-electron chi connectivity index (χ0n) is 12.4. The number of halogens is 1. The van der Waals surface area contributed by atoms with Crippen LogP contribution in [0.15, 0.2) is 41.3 Å². The number of anilines is 1. The first-order valence-corrected chi connectivity index (χ1v) is 7.92. The van der Waals surface area contributed by atoms with Crippen LogP contribution in [0.1, 0.15) is 17.5 Å². The Morgan fingerprint density at radius 2 is 1.81 bits per heavy atom. The van der Waals surface area contributed by atoms with Gasteiger partial charge in [0.05, 0.1) is 6.61 Å². The largest absolute Gasteiger partial charge is 0.494 e. The van der Waals surface area contributed by atoms with Crippen LogP contribution in [0, 0.1) is 19.7 Å². The van der Waals surface area contributed by atoms with E-state index in [1.165, 1.54) is 29.0 Å². The third-order valence-corrected chi connectivity index (χ3v) is 4.10. The van der Waals surface area contributed by atoms with Crippen LogP contribution in [-0.4, -0.2) is 12.4 Å². The number of nitrogen functional groups attached to an aromatic ring is 1. The quantitative estimate of drug-likeness (QED) is 0.482. The van der Waals surface area contributed by atoms with Crippen molar-refractivity contribution >= 4 is 17.4 Å². The van der Waals surface area contributed by atoms with Crippen molar-refractivity contribution in [1.29, 1.82) is 0 Å². The molecule has 0 fully saturated rings. The van der Waals surface area contributed by atoms with Crippen molar-refractivity contribution in [2.24, 2.45) is 0 Å². The van der Waals surface area contributed by atoms with Crippen LogP contribution < -0.4 is 10.5 Å². The molecule has 2 N–H and O–H groups in total. The summed E-state index contributed by atoms with van der Waals surface area (Å²) in [5, 5.41) is 0. The van der Waals surface area contributed by atoms with Gasteiger partial charge in [0.1, 0.15) is 11.6 Å². The molecular formula is C17H20FNOS. The predicted molar refractivity (Wildman–Crippen MR) is 87.6 cm³/mol. The Morgan fingerprint density at radius 3 is 2.48 bits per heavy atom. The summed E-state index contributed by atoms with van der Waals surface area (Å²) >= 11 is 1.49. The van der Waals surface area contributed by atoms with Gasteiger partial charge in [-0.05, 0) is 61.7 Å². The summed E-state index contributed by atoms with van der Waals surface area (Å²) in [4.78, 5) is 0.635. The van der Waals surface area contributed by atoms with Gasteiger partial charge in [0.25, 0.3) is 0 Å². The highest BCUT2D eigenvalue weighted by atomic mass is 32.2. The van der Waals surface area contributed by atoms with Gasteiger partial charge >= 0.3 is 0 Å². The van der Waals surface area contributed by atoms with Gasteiger partial charge in [-0.2, -0.15) is 0 Å². The van der Waals surface area contributed by atoms with Gasteiger partial charge in [-0.1, -0.05) is 6.07 Å². The second-order valence-electron chi connectivity index (χ2n) is 5.06. The van der Waals surface area contributed by atoms with Crippen molar-refractivity contribution in [3.05, 3.63) is 53.3 Å². The molecule has 0 bridgehead atoms. The van der Waals surface area contributed by atoms with Gasteiger partial charge < -0.3 is 10.5 Å². The molecule has 0 aliphatic carbocycles. The highest BCUT2D eigenvalue weighted by Crippen LogP contribution is 2.24. The van der Waals surface area contributed by atoms with Crippen LogP contribution in [0.5, 0.6) is 5.75 Å². The highest BCUT2D eigenvalue weighted by molar-refractivity contribution is 7.99. The Bertz CT molecular complexity index is 595. The van der Waals surface area contributed by atoms with E-state index in [0.29, 0.717) is 17.2 Å². The first-order chi connectivity index (χ1) is 10.0. The SMILES string of the molecule is Cc1cc(C)cc(OCCCSc2ccc(N)cc2F)c1. The maximum atomic E-state index is 13.6. The second-order valence-corrected chi connectivity index (χ2v) is 6.20. The van der Waals surface area contributed by atoms with E-state index in [-0.39, 0.29) is 5.82 Å². The minimum atomic E-state index is -0.254. The fourth-order valence-corrected chi connectivity index (χ4v) is 2.92. The summed E-state index contributed by atoms with van der Waals surface area (Å²) in [6.45, 7) is 4.74. The van der Waals surface area contributed by atoms with Crippen LogP contribution in [0.4, 0.5) is 10.1 Å². The van der Waals surface area contributed by atoms with Crippen molar-refractivity contribution < 1.29 is 9.13 Å². The molecule has 2 aromatic carbocycles. The van der Waals surface area contributed by atoms with Crippen LogP contribution in [-0.2, 0) is 0 Å².